The van der Waals surface area contributed by atoms with Crippen molar-refractivity contribution in [3.05, 3.63) is 71.0 Å². The zero-order valence-electron chi connectivity index (χ0n) is 19.7. The van der Waals surface area contributed by atoms with E-state index >= 15 is 0 Å². The van der Waals surface area contributed by atoms with Gasteiger partial charge in [0.1, 0.15) is 5.82 Å². The third-order valence-electron chi connectivity index (χ3n) is 7.10. The van der Waals surface area contributed by atoms with Crippen LogP contribution in [-0.2, 0) is 0 Å². The van der Waals surface area contributed by atoms with E-state index in [1.54, 1.807) is 21.9 Å². The molecule has 1 atom stereocenters. The molecular weight excluding hydrogens is 439 g/mol. The molecule has 34 heavy (non-hydrogen) atoms. The first-order valence-corrected chi connectivity index (χ1v) is 12.0. The minimum Gasteiger partial charge on any atom is -0.324 e. The molecule has 1 fully saturated rings. The molecule has 1 saturated heterocycles. The van der Waals surface area contributed by atoms with Crippen molar-refractivity contribution in [3.63, 3.8) is 0 Å². The van der Waals surface area contributed by atoms with Crippen LogP contribution >= 0.6 is 0 Å². The Hall–Kier alpha value is -2.80. The van der Waals surface area contributed by atoms with E-state index < -0.39 is 18.3 Å². The summed E-state index contributed by atoms with van der Waals surface area (Å²) in [4.78, 5) is 16.4. The maximum atomic E-state index is 14.8. The molecule has 4 nitrogen and oxygen atoms in total. The molecule has 0 bridgehead atoms. The fourth-order valence-electron chi connectivity index (χ4n) is 4.82. The normalized spacial score (nSPS) is 18.6. The van der Waals surface area contributed by atoms with Gasteiger partial charge in [-0.1, -0.05) is 48.0 Å². The van der Waals surface area contributed by atoms with Crippen LogP contribution in [0.15, 0.2) is 48.5 Å². The van der Waals surface area contributed by atoms with Crippen molar-refractivity contribution >= 4 is 17.3 Å². The number of benzene rings is 2. The first-order valence-electron chi connectivity index (χ1n) is 12.0. The number of amides is 2. The molecule has 0 radical (unpaired) electrons. The largest absolute Gasteiger partial charge is 0.324 e. The summed E-state index contributed by atoms with van der Waals surface area (Å²) in [5, 5.41) is 2.80. The van der Waals surface area contributed by atoms with Gasteiger partial charge in [-0.3, -0.25) is 4.90 Å². The number of halogens is 3. The molecule has 2 aliphatic rings. The first kappa shape index (κ1) is 24.3. The van der Waals surface area contributed by atoms with E-state index in [0.717, 1.165) is 18.4 Å². The van der Waals surface area contributed by atoms with Gasteiger partial charge in [0, 0.05) is 31.7 Å². The van der Waals surface area contributed by atoms with Crippen LogP contribution in [0.2, 0.25) is 0 Å². The van der Waals surface area contributed by atoms with Gasteiger partial charge in [0.15, 0.2) is 0 Å². The maximum absolute atomic E-state index is 14.8. The van der Waals surface area contributed by atoms with Gasteiger partial charge in [0.2, 0.25) is 0 Å². The Labute approximate surface area is 199 Å². The van der Waals surface area contributed by atoms with Crippen LogP contribution in [0.25, 0.3) is 5.57 Å². The second-order valence-corrected chi connectivity index (χ2v) is 9.31. The molecule has 2 amide bonds. The van der Waals surface area contributed by atoms with E-state index in [0.29, 0.717) is 44.1 Å². The van der Waals surface area contributed by atoms with Crippen molar-refractivity contribution in [2.75, 3.05) is 31.5 Å². The predicted molar refractivity (Wildman–Crippen MR) is 130 cm³/mol. The summed E-state index contributed by atoms with van der Waals surface area (Å²) in [6.45, 7) is 5.63. The highest BCUT2D eigenvalue weighted by molar-refractivity contribution is 5.93. The average molecular weight is 472 g/mol. The van der Waals surface area contributed by atoms with Crippen LogP contribution in [0.1, 0.15) is 48.8 Å². The molecule has 0 spiro atoms. The minimum atomic E-state index is -2.41. The van der Waals surface area contributed by atoms with Crippen LogP contribution in [0.5, 0.6) is 0 Å². The van der Waals surface area contributed by atoms with Gasteiger partial charge in [-0.05, 0) is 56.2 Å². The van der Waals surface area contributed by atoms with Crippen LogP contribution in [-0.4, -0.2) is 54.5 Å². The lowest BCUT2D eigenvalue weighted by atomic mass is 9.89. The summed E-state index contributed by atoms with van der Waals surface area (Å²) < 4.78 is 40.9. The highest BCUT2D eigenvalue weighted by Crippen LogP contribution is 2.33. The smallest absolute Gasteiger partial charge is 0.321 e. The number of aryl methyl sites for hydroxylation is 1. The van der Waals surface area contributed by atoms with Crippen LogP contribution in [0.3, 0.4) is 0 Å². The van der Waals surface area contributed by atoms with Crippen molar-refractivity contribution < 1.29 is 18.0 Å². The standard InChI is InChI=1S/C27H32F3N3O/c1-18-6-8-20(9-7-18)21-10-16-33(17-11-21)27(34)31-25-23(4-3-5-24(25)28)22-12-14-32(15-13-22)19(2)26(29)30/h3-9,12,19,21,26H,10-11,13-17H2,1-2H3,(H,31,34). The van der Waals surface area contributed by atoms with Crippen LogP contribution in [0, 0.1) is 12.7 Å². The summed E-state index contributed by atoms with van der Waals surface area (Å²) in [5.41, 5.74) is 4.17. The number of carbonyl (C=O) groups excluding carboxylic acids is 1. The highest BCUT2D eigenvalue weighted by Gasteiger charge is 2.27. The van der Waals surface area contributed by atoms with Crippen molar-refractivity contribution in [1.82, 2.24) is 9.80 Å². The Kier molecular flexibility index (Phi) is 7.61. The highest BCUT2D eigenvalue weighted by atomic mass is 19.3. The summed E-state index contributed by atoms with van der Waals surface area (Å²) in [6.07, 6.45) is 1.70. The number of hydrogen-bond acceptors (Lipinski definition) is 2. The zero-order chi connectivity index (χ0) is 24.2. The molecule has 7 heteroatoms. The van der Waals surface area contributed by atoms with E-state index in [9.17, 15) is 18.0 Å². The quantitative estimate of drug-likeness (QED) is 0.556. The number of nitrogens with one attached hydrogen (secondary N) is 1. The van der Waals surface area contributed by atoms with E-state index in [-0.39, 0.29) is 11.7 Å². The van der Waals surface area contributed by atoms with Crippen molar-refractivity contribution in [1.29, 1.82) is 0 Å². The zero-order valence-corrected chi connectivity index (χ0v) is 19.7. The topological polar surface area (TPSA) is 35.6 Å². The molecule has 182 valence electrons. The molecule has 2 aromatic rings. The van der Waals surface area contributed by atoms with Gasteiger partial charge < -0.3 is 10.2 Å². The minimum absolute atomic E-state index is 0.162. The van der Waals surface area contributed by atoms with Gasteiger partial charge in [-0.2, -0.15) is 0 Å². The first-order chi connectivity index (χ1) is 16.3. The van der Waals surface area contributed by atoms with Gasteiger partial charge in [-0.25, -0.2) is 18.0 Å². The molecule has 2 heterocycles. The number of likely N-dealkylation sites (tertiary alicyclic amines) is 1. The Balaban J connectivity index is 1.41. The molecule has 0 aromatic heterocycles. The molecule has 0 aliphatic carbocycles. The van der Waals surface area contributed by atoms with E-state index in [1.165, 1.54) is 24.1 Å². The molecule has 1 unspecified atom stereocenters. The third-order valence-corrected chi connectivity index (χ3v) is 7.10. The van der Waals surface area contributed by atoms with Crippen molar-refractivity contribution in [3.8, 4) is 0 Å². The van der Waals surface area contributed by atoms with Crippen molar-refractivity contribution in [2.24, 2.45) is 0 Å². The molecular formula is C27H32F3N3O. The van der Waals surface area contributed by atoms with Gasteiger partial charge in [0.25, 0.3) is 6.43 Å². The summed E-state index contributed by atoms with van der Waals surface area (Å²) >= 11 is 0. The van der Waals surface area contributed by atoms with Gasteiger partial charge in [-0.15, -0.1) is 0 Å². The Morgan fingerprint density at radius 3 is 2.38 bits per heavy atom. The second-order valence-electron chi connectivity index (χ2n) is 9.31. The number of urea groups is 1. The lowest BCUT2D eigenvalue weighted by molar-refractivity contribution is 0.0398. The molecule has 2 aromatic carbocycles. The number of alkyl halides is 2. The van der Waals surface area contributed by atoms with Crippen molar-refractivity contribution in [2.45, 2.75) is 51.5 Å². The Bertz CT molecular complexity index is 1030. The Morgan fingerprint density at radius 1 is 1.06 bits per heavy atom. The predicted octanol–water partition coefficient (Wildman–Crippen LogP) is 6.29. The fraction of sp³-hybridized carbons (Fsp3) is 0.444. The number of carbonyl (C=O) groups is 1. The maximum Gasteiger partial charge on any atom is 0.321 e. The number of hydrogen-bond donors (Lipinski definition) is 1. The molecule has 0 saturated carbocycles. The molecule has 4 rings (SSSR count). The number of para-hydroxylation sites is 1. The van der Waals surface area contributed by atoms with Gasteiger partial charge in [0.05, 0.1) is 11.7 Å². The monoisotopic (exact) mass is 471 g/mol. The lowest BCUT2D eigenvalue weighted by Gasteiger charge is -2.33. The fourth-order valence-corrected chi connectivity index (χ4v) is 4.82. The lowest BCUT2D eigenvalue weighted by Crippen LogP contribution is -2.41. The Morgan fingerprint density at radius 2 is 1.76 bits per heavy atom. The van der Waals surface area contributed by atoms with Gasteiger partial charge >= 0.3 is 6.03 Å². The van der Waals surface area contributed by atoms with E-state index in [2.05, 4.69) is 36.5 Å². The van der Waals surface area contributed by atoms with Crippen LogP contribution in [0.4, 0.5) is 23.7 Å². The number of nitrogens with zero attached hydrogens (tertiary/aromatic N) is 2. The molecule has 2 aliphatic heterocycles. The van der Waals surface area contributed by atoms with Crippen LogP contribution < -0.4 is 5.32 Å². The summed E-state index contributed by atoms with van der Waals surface area (Å²) in [7, 11) is 0. The van der Waals surface area contributed by atoms with E-state index in [1.807, 2.05) is 6.08 Å². The number of anilines is 1. The second kappa shape index (κ2) is 10.6. The van der Waals surface area contributed by atoms with E-state index in [4.69, 9.17) is 0 Å². The number of rotatable bonds is 5. The molecule has 1 N–H and O–H groups in total. The summed E-state index contributed by atoms with van der Waals surface area (Å²) in [5.74, 6) is -0.0793. The third kappa shape index (κ3) is 5.46. The SMILES string of the molecule is Cc1ccc(C2CCN(C(=O)Nc3c(F)cccc3C3=CCN(C(C)C(F)F)CC3)CC2)cc1. The number of piperidine rings is 1. The summed E-state index contributed by atoms with van der Waals surface area (Å²) in [6, 6.07) is 12.1. The average Bonchev–Trinajstić information content (AvgIpc) is 2.85.